The first-order valence-electron chi connectivity index (χ1n) is 7.70. The van der Waals surface area contributed by atoms with Crippen LogP contribution in [0.15, 0.2) is 42.6 Å². The number of carbonyl (C=O) groups is 1. The van der Waals surface area contributed by atoms with E-state index in [1.807, 2.05) is 31.2 Å². The van der Waals surface area contributed by atoms with Crippen molar-refractivity contribution >= 4 is 17.4 Å². The van der Waals surface area contributed by atoms with Gasteiger partial charge in [0.2, 0.25) is 5.75 Å². The van der Waals surface area contributed by atoms with Gasteiger partial charge in [-0.2, -0.15) is 0 Å². The molecular formula is C17H17N3O4. The molecule has 1 aliphatic heterocycles. The molecule has 24 heavy (non-hydrogen) atoms. The third-order valence-corrected chi connectivity index (χ3v) is 4.07. The Balaban J connectivity index is 1.78. The van der Waals surface area contributed by atoms with Gasteiger partial charge < -0.3 is 19.8 Å². The first-order chi connectivity index (χ1) is 11.6. The fraction of sp³-hybridized carbons (Fsp3) is 0.294. The summed E-state index contributed by atoms with van der Waals surface area (Å²) in [5, 5.41) is 11.0. The molecule has 0 saturated heterocycles. The number of nitro groups is 1. The Hall–Kier alpha value is -2.96. The highest BCUT2D eigenvalue weighted by Gasteiger charge is 2.28. The molecule has 1 aliphatic rings. The Morgan fingerprint density at radius 1 is 1.38 bits per heavy atom. The van der Waals surface area contributed by atoms with E-state index in [1.165, 1.54) is 18.3 Å². The van der Waals surface area contributed by atoms with Gasteiger partial charge in [-0.15, -0.1) is 0 Å². The third-order valence-electron chi connectivity index (χ3n) is 4.07. The summed E-state index contributed by atoms with van der Waals surface area (Å²) >= 11 is 0. The molecular weight excluding hydrogens is 310 g/mol. The van der Waals surface area contributed by atoms with Crippen LogP contribution in [0.1, 0.15) is 18.9 Å². The standard InChI is InChI=1S/C17H17N3O4/c1-12-8-9-13-5-2-3-6-14(13)19(12)16(21)11-24-15-7-4-10-18-17(15)20(22)23/h2-7,10,12H,8-9,11H2,1H3. The number of hydrogen-bond acceptors (Lipinski definition) is 5. The van der Waals surface area contributed by atoms with E-state index in [4.69, 9.17) is 4.74 Å². The first-order valence-corrected chi connectivity index (χ1v) is 7.70. The monoisotopic (exact) mass is 327 g/mol. The number of ether oxygens (including phenoxy) is 1. The average Bonchev–Trinajstić information content (AvgIpc) is 2.59. The molecule has 2 heterocycles. The molecule has 7 heteroatoms. The maximum absolute atomic E-state index is 12.6. The van der Waals surface area contributed by atoms with E-state index in [2.05, 4.69) is 4.98 Å². The Morgan fingerprint density at radius 2 is 2.17 bits per heavy atom. The quantitative estimate of drug-likeness (QED) is 0.636. The van der Waals surface area contributed by atoms with Gasteiger partial charge in [-0.3, -0.25) is 4.79 Å². The van der Waals surface area contributed by atoms with Crippen molar-refractivity contribution in [1.29, 1.82) is 0 Å². The molecule has 0 N–H and O–H groups in total. The molecule has 1 unspecified atom stereocenters. The molecule has 0 fully saturated rings. The summed E-state index contributed by atoms with van der Waals surface area (Å²) in [6.45, 7) is 1.71. The van der Waals surface area contributed by atoms with Crippen LogP contribution in [0.2, 0.25) is 0 Å². The number of carbonyl (C=O) groups excluding carboxylic acids is 1. The summed E-state index contributed by atoms with van der Waals surface area (Å²) in [6.07, 6.45) is 3.11. The zero-order chi connectivity index (χ0) is 17.1. The van der Waals surface area contributed by atoms with Gasteiger partial charge in [-0.25, -0.2) is 0 Å². The number of fused-ring (bicyclic) bond motifs is 1. The minimum atomic E-state index is -0.626. The number of anilines is 1. The second kappa shape index (κ2) is 6.66. The molecule has 0 saturated carbocycles. The van der Waals surface area contributed by atoms with Crippen molar-refractivity contribution in [2.24, 2.45) is 0 Å². The molecule has 0 radical (unpaired) electrons. The molecule has 124 valence electrons. The van der Waals surface area contributed by atoms with E-state index in [0.717, 1.165) is 24.1 Å². The predicted molar refractivity (Wildman–Crippen MR) is 88.1 cm³/mol. The van der Waals surface area contributed by atoms with Crippen LogP contribution in [-0.4, -0.2) is 28.5 Å². The lowest BCUT2D eigenvalue weighted by Gasteiger charge is -2.35. The summed E-state index contributed by atoms with van der Waals surface area (Å²) in [4.78, 5) is 28.3. The fourth-order valence-electron chi connectivity index (χ4n) is 2.91. The van der Waals surface area contributed by atoms with Gasteiger partial charge >= 0.3 is 5.82 Å². The fourth-order valence-corrected chi connectivity index (χ4v) is 2.91. The van der Waals surface area contributed by atoms with Crippen LogP contribution < -0.4 is 9.64 Å². The zero-order valence-corrected chi connectivity index (χ0v) is 13.2. The highest BCUT2D eigenvalue weighted by molar-refractivity contribution is 5.96. The molecule has 0 aliphatic carbocycles. The number of pyridine rings is 1. The van der Waals surface area contributed by atoms with Crippen LogP contribution in [0.25, 0.3) is 0 Å². The smallest absolute Gasteiger partial charge is 0.406 e. The van der Waals surface area contributed by atoms with Gasteiger partial charge in [-0.1, -0.05) is 18.2 Å². The first kappa shape index (κ1) is 15.9. The number of hydrogen-bond donors (Lipinski definition) is 0. The minimum absolute atomic E-state index is 0.00574. The van der Waals surface area contributed by atoms with Crippen LogP contribution in [0, 0.1) is 10.1 Å². The highest BCUT2D eigenvalue weighted by atomic mass is 16.6. The summed E-state index contributed by atoms with van der Waals surface area (Å²) in [7, 11) is 0. The lowest BCUT2D eigenvalue weighted by atomic mass is 9.96. The number of rotatable bonds is 4. The van der Waals surface area contributed by atoms with E-state index < -0.39 is 10.7 Å². The van der Waals surface area contributed by atoms with Crippen molar-refractivity contribution in [3.63, 3.8) is 0 Å². The van der Waals surface area contributed by atoms with Gasteiger partial charge in [0, 0.05) is 11.7 Å². The van der Waals surface area contributed by atoms with Crippen molar-refractivity contribution in [2.45, 2.75) is 25.8 Å². The molecule has 1 aromatic heterocycles. The van der Waals surface area contributed by atoms with E-state index in [1.54, 1.807) is 4.90 Å². The summed E-state index contributed by atoms with van der Waals surface area (Å²) < 4.78 is 5.38. The third kappa shape index (κ3) is 3.05. The van der Waals surface area contributed by atoms with Crippen LogP contribution >= 0.6 is 0 Å². The normalized spacial score (nSPS) is 16.4. The van der Waals surface area contributed by atoms with Crippen molar-refractivity contribution in [1.82, 2.24) is 4.98 Å². The lowest BCUT2D eigenvalue weighted by Crippen LogP contribution is -2.44. The molecule has 1 atom stereocenters. The molecule has 7 nitrogen and oxygen atoms in total. The molecule has 1 aromatic carbocycles. The van der Waals surface area contributed by atoms with Crippen LogP contribution in [0.3, 0.4) is 0 Å². The maximum atomic E-state index is 12.6. The van der Waals surface area contributed by atoms with Crippen molar-refractivity contribution in [3.05, 3.63) is 58.3 Å². The number of benzene rings is 1. The lowest BCUT2D eigenvalue weighted by molar-refractivity contribution is -0.390. The number of para-hydroxylation sites is 1. The molecule has 0 bridgehead atoms. The molecule has 1 amide bonds. The van der Waals surface area contributed by atoms with Crippen molar-refractivity contribution in [2.75, 3.05) is 11.5 Å². The second-order valence-corrected chi connectivity index (χ2v) is 5.65. The van der Waals surface area contributed by atoms with Crippen LogP contribution in [0.4, 0.5) is 11.5 Å². The number of aryl methyl sites for hydroxylation is 1. The van der Waals surface area contributed by atoms with E-state index in [-0.39, 0.29) is 24.3 Å². The predicted octanol–water partition coefficient (Wildman–Crippen LogP) is 2.74. The van der Waals surface area contributed by atoms with Crippen molar-refractivity contribution < 1.29 is 14.5 Å². The Labute approximate surface area is 139 Å². The van der Waals surface area contributed by atoms with E-state index in [0.29, 0.717) is 0 Å². The topological polar surface area (TPSA) is 85.6 Å². The van der Waals surface area contributed by atoms with Gasteiger partial charge in [-0.05, 0) is 53.4 Å². The van der Waals surface area contributed by atoms with Gasteiger partial charge in [0.15, 0.2) is 6.61 Å². The Kier molecular flexibility index (Phi) is 4.41. The van der Waals surface area contributed by atoms with E-state index >= 15 is 0 Å². The molecule has 3 rings (SSSR count). The Bertz CT molecular complexity index is 778. The van der Waals surface area contributed by atoms with E-state index in [9.17, 15) is 14.9 Å². The van der Waals surface area contributed by atoms with Crippen LogP contribution in [-0.2, 0) is 11.2 Å². The van der Waals surface area contributed by atoms with Gasteiger partial charge in [0.1, 0.15) is 6.20 Å². The summed E-state index contributed by atoms with van der Waals surface area (Å²) in [5.74, 6) is -0.626. The highest BCUT2D eigenvalue weighted by Crippen LogP contribution is 2.31. The largest absolute Gasteiger partial charge is 0.476 e. The van der Waals surface area contributed by atoms with Crippen molar-refractivity contribution in [3.8, 4) is 5.75 Å². The zero-order valence-electron chi connectivity index (χ0n) is 13.2. The number of nitrogens with zero attached hydrogens (tertiary/aromatic N) is 3. The minimum Gasteiger partial charge on any atom is -0.476 e. The average molecular weight is 327 g/mol. The van der Waals surface area contributed by atoms with Gasteiger partial charge in [0.25, 0.3) is 5.91 Å². The van der Waals surface area contributed by atoms with Crippen LogP contribution in [0.5, 0.6) is 5.75 Å². The van der Waals surface area contributed by atoms with Gasteiger partial charge in [0.05, 0.1) is 0 Å². The second-order valence-electron chi connectivity index (χ2n) is 5.65. The number of amides is 1. The molecule has 0 spiro atoms. The Morgan fingerprint density at radius 3 is 2.96 bits per heavy atom. The molecule has 2 aromatic rings. The summed E-state index contributed by atoms with van der Waals surface area (Å²) in [5.41, 5.74) is 2.00. The number of aromatic nitrogens is 1. The SMILES string of the molecule is CC1CCc2ccccc2N1C(=O)COc1cccnc1[N+](=O)[O-]. The maximum Gasteiger partial charge on any atom is 0.406 e. The summed E-state index contributed by atoms with van der Waals surface area (Å²) in [6, 6.07) is 10.8.